The summed E-state index contributed by atoms with van der Waals surface area (Å²) in [4.78, 5) is 11.8. The molecule has 1 aromatic carbocycles. The number of sulfonamides is 1. The van der Waals surface area contributed by atoms with Gasteiger partial charge in [-0.15, -0.1) is 4.98 Å². The molecule has 0 aliphatic heterocycles. The van der Waals surface area contributed by atoms with Gasteiger partial charge in [-0.2, -0.15) is 9.97 Å². The largest absolute Gasteiger partial charge is 0.494 e. The molecule has 0 saturated heterocycles. The van der Waals surface area contributed by atoms with E-state index in [0.29, 0.717) is 19.0 Å². The molecule has 11 heteroatoms. The fourth-order valence-electron chi connectivity index (χ4n) is 2.11. The summed E-state index contributed by atoms with van der Waals surface area (Å²) >= 11 is 0. The van der Waals surface area contributed by atoms with Crippen molar-refractivity contribution >= 4 is 10.0 Å². The molecular formula is C16H22N4O6S. The standard InChI is InChI=1S/C16H22N4O6S/c1-5-25-11-7-8-12(26-6-2)13(9-11)27(21,22)17-10-14-18-15(23-3)20-16(19-14)24-4/h7-9,17H,5-6,10H2,1-4H3. The maximum Gasteiger partial charge on any atom is 0.322 e. The summed E-state index contributed by atoms with van der Waals surface area (Å²) in [6.45, 7) is 4.11. The molecule has 2 rings (SSSR count). The van der Waals surface area contributed by atoms with Gasteiger partial charge in [0.2, 0.25) is 10.0 Å². The minimum Gasteiger partial charge on any atom is -0.494 e. The van der Waals surface area contributed by atoms with Crippen LogP contribution in [0.5, 0.6) is 23.5 Å². The molecule has 1 heterocycles. The highest BCUT2D eigenvalue weighted by Crippen LogP contribution is 2.28. The predicted octanol–water partition coefficient (Wildman–Crippen LogP) is 1.16. The van der Waals surface area contributed by atoms with Crippen LogP contribution in [-0.4, -0.2) is 50.8 Å². The summed E-state index contributed by atoms with van der Waals surface area (Å²) in [5.41, 5.74) is 0. The van der Waals surface area contributed by atoms with Crippen LogP contribution in [0.2, 0.25) is 0 Å². The Bertz CT molecular complexity index is 853. The summed E-state index contributed by atoms with van der Waals surface area (Å²) in [5.74, 6) is 0.783. The molecule has 0 bridgehead atoms. The molecule has 2 aromatic rings. The third kappa shape index (κ3) is 5.41. The SMILES string of the molecule is CCOc1ccc(OCC)c(S(=O)(=O)NCc2nc(OC)nc(OC)n2)c1. The molecule has 0 aliphatic carbocycles. The van der Waals surface area contributed by atoms with Gasteiger partial charge in [0.25, 0.3) is 0 Å². The van der Waals surface area contributed by atoms with Crippen LogP contribution >= 0.6 is 0 Å². The minimum atomic E-state index is -3.93. The first-order chi connectivity index (χ1) is 12.9. The van der Waals surface area contributed by atoms with Crippen molar-refractivity contribution in [3.05, 3.63) is 24.0 Å². The fraction of sp³-hybridized carbons (Fsp3) is 0.438. The van der Waals surface area contributed by atoms with Crippen molar-refractivity contribution in [1.82, 2.24) is 19.7 Å². The molecule has 0 saturated carbocycles. The molecule has 0 unspecified atom stereocenters. The maximum atomic E-state index is 12.8. The third-order valence-electron chi connectivity index (χ3n) is 3.24. The van der Waals surface area contributed by atoms with E-state index >= 15 is 0 Å². The lowest BCUT2D eigenvalue weighted by molar-refractivity contribution is 0.322. The fourth-order valence-corrected chi connectivity index (χ4v) is 3.24. The van der Waals surface area contributed by atoms with Crippen molar-refractivity contribution in [2.75, 3.05) is 27.4 Å². The Labute approximate surface area is 157 Å². The highest BCUT2D eigenvalue weighted by atomic mass is 32.2. The van der Waals surface area contributed by atoms with Gasteiger partial charge >= 0.3 is 12.0 Å². The normalized spacial score (nSPS) is 11.1. The number of benzene rings is 1. The molecule has 0 atom stereocenters. The summed E-state index contributed by atoms with van der Waals surface area (Å²) in [7, 11) is -1.16. The van der Waals surface area contributed by atoms with Crippen molar-refractivity contribution in [2.45, 2.75) is 25.3 Å². The van der Waals surface area contributed by atoms with Crippen LogP contribution in [0, 0.1) is 0 Å². The van der Waals surface area contributed by atoms with Crippen LogP contribution in [0.15, 0.2) is 23.1 Å². The molecule has 0 amide bonds. The molecule has 1 N–H and O–H groups in total. The topological polar surface area (TPSA) is 122 Å². The first-order valence-electron chi connectivity index (χ1n) is 8.15. The molecule has 148 valence electrons. The lowest BCUT2D eigenvalue weighted by atomic mass is 10.3. The van der Waals surface area contributed by atoms with Crippen molar-refractivity contribution in [1.29, 1.82) is 0 Å². The van der Waals surface area contributed by atoms with E-state index in [1.165, 1.54) is 20.3 Å². The van der Waals surface area contributed by atoms with Crippen molar-refractivity contribution < 1.29 is 27.4 Å². The number of methoxy groups -OCH3 is 2. The average molecular weight is 398 g/mol. The van der Waals surface area contributed by atoms with Crippen LogP contribution in [0.25, 0.3) is 0 Å². The van der Waals surface area contributed by atoms with Crippen LogP contribution < -0.4 is 23.7 Å². The van der Waals surface area contributed by atoms with Crippen LogP contribution in [0.1, 0.15) is 19.7 Å². The zero-order valence-electron chi connectivity index (χ0n) is 15.6. The van der Waals surface area contributed by atoms with Gasteiger partial charge in [0, 0.05) is 6.07 Å². The zero-order chi connectivity index (χ0) is 19.9. The van der Waals surface area contributed by atoms with E-state index in [0.717, 1.165) is 0 Å². The van der Waals surface area contributed by atoms with Crippen LogP contribution in [0.3, 0.4) is 0 Å². The number of hydrogen-bond donors (Lipinski definition) is 1. The highest BCUT2D eigenvalue weighted by molar-refractivity contribution is 7.89. The molecule has 27 heavy (non-hydrogen) atoms. The molecule has 0 aliphatic rings. The first kappa shape index (κ1) is 20.6. The number of nitrogens with one attached hydrogen (secondary N) is 1. The lowest BCUT2D eigenvalue weighted by Crippen LogP contribution is -2.25. The highest BCUT2D eigenvalue weighted by Gasteiger charge is 2.21. The number of aromatic nitrogens is 3. The first-order valence-corrected chi connectivity index (χ1v) is 9.64. The Hall–Kier alpha value is -2.66. The second-order valence-corrected chi connectivity index (χ2v) is 6.76. The van der Waals surface area contributed by atoms with Gasteiger partial charge in [-0.1, -0.05) is 0 Å². The minimum absolute atomic E-state index is 0.0180. The van der Waals surface area contributed by atoms with Gasteiger partial charge in [-0.05, 0) is 26.0 Å². The van der Waals surface area contributed by atoms with Crippen LogP contribution in [-0.2, 0) is 16.6 Å². The van der Waals surface area contributed by atoms with Crippen LogP contribution in [0.4, 0.5) is 0 Å². The Morgan fingerprint density at radius 2 is 1.59 bits per heavy atom. The van der Waals surface area contributed by atoms with E-state index < -0.39 is 10.0 Å². The van der Waals surface area contributed by atoms with Crippen molar-refractivity contribution in [2.24, 2.45) is 0 Å². The van der Waals surface area contributed by atoms with Gasteiger partial charge in [-0.3, -0.25) is 0 Å². The molecule has 1 aromatic heterocycles. The third-order valence-corrected chi connectivity index (χ3v) is 4.66. The van der Waals surface area contributed by atoms with Crippen molar-refractivity contribution in [3.63, 3.8) is 0 Å². The van der Waals surface area contributed by atoms with E-state index in [4.69, 9.17) is 18.9 Å². The average Bonchev–Trinajstić information content (AvgIpc) is 2.67. The number of hydrogen-bond acceptors (Lipinski definition) is 9. The van der Waals surface area contributed by atoms with E-state index in [1.54, 1.807) is 19.1 Å². The second-order valence-electron chi connectivity index (χ2n) is 5.02. The number of rotatable bonds is 10. The zero-order valence-corrected chi connectivity index (χ0v) is 16.4. The summed E-state index contributed by atoms with van der Waals surface area (Å²) < 4.78 is 48.7. The van der Waals surface area contributed by atoms with E-state index in [9.17, 15) is 8.42 Å². The van der Waals surface area contributed by atoms with E-state index in [-0.39, 0.29) is 35.0 Å². The molecular weight excluding hydrogens is 376 g/mol. The van der Waals surface area contributed by atoms with Crippen molar-refractivity contribution in [3.8, 4) is 23.5 Å². The van der Waals surface area contributed by atoms with Gasteiger partial charge in [-0.25, -0.2) is 13.1 Å². The Balaban J connectivity index is 2.29. The predicted molar refractivity (Wildman–Crippen MR) is 95.7 cm³/mol. The molecule has 0 fully saturated rings. The summed E-state index contributed by atoms with van der Waals surface area (Å²) in [6, 6.07) is 4.65. The number of ether oxygens (including phenoxy) is 4. The molecule has 10 nitrogen and oxygen atoms in total. The Kier molecular flexibility index (Phi) is 7.13. The van der Waals surface area contributed by atoms with Gasteiger partial charge < -0.3 is 18.9 Å². The molecule has 0 radical (unpaired) electrons. The lowest BCUT2D eigenvalue weighted by Gasteiger charge is -2.13. The number of nitrogens with zero attached hydrogens (tertiary/aromatic N) is 3. The molecule has 0 spiro atoms. The summed E-state index contributed by atoms with van der Waals surface area (Å²) in [5, 5.41) is 0. The van der Waals surface area contributed by atoms with Gasteiger partial charge in [0.1, 0.15) is 16.4 Å². The smallest absolute Gasteiger partial charge is 0.322 e. The monoisotopic (exact) mass is 398 g/mol. The maximum absolute atomic E-state index is 12.8. The Morgan fingerprint density at radius 3 is 2.15 bits per heavy atom. The van der Waals surface area contributed by atoms with E-state index in [1.807, 2.05) is 6.92 Å². The van der Waals surface area contributed by atoms with E-state index in [2.05, 4.69) is 19.7 Å². The quantitative estimate of drug-likeness (QED) is 0.628. The Morgan fingerprint density at radius 1 is 0.963 bits per heavy atom. The van der Waals surface area contributed by atoms with Gasteiger partial charge in [0.15, 0.2) is 5.82 Å². The second kappa shape index (κ2) is 9.33. The van der Waals surface area contributed by atoms with Gasteiger partial charge in [0.05, 0.1) is 34.0 Å². The summed E-state index contributed by atoms with van der Waals surface area (Å²) in [6.07, 6.45) is 0.